The first-order valence-electron chi connectivity index (χ1n) is 5.81. The Morgan fingerprint density at radius 2 is 2.35 bits per heavy atom. The quantitative estimate of drug-likeness (QED) is 0.478. The van der Waals surface area contributed by atoms with Crippen LogP contribution in [0.2, 0.25) is 0 Å². The number of nitrogens with two attached hydrogens (primary N) is 1. The molecule has 1 aliphatic heterocycles. The van der Waals surface area contributed by atoms with E-state index in [1.54, 1.807) is 0 Å². The van der Waals surface area contributed by atoms with Gasteiger partial charge in [-0.05, 0) is 12.1 Å². The Morgan fingerprint density at radius 1 is 1.65 bits per heavy atom. The van der Waals surface area contributed by atoms with Gasteiger partial charge in [0.25, 0.3) is 0 Å². The summed E-state index contributed by atoms with van der Waals surface area (Å²) in [5, 5.41) is 29.4. The van der Waals surface area contributed by atoms with Gasteiger partial charge >= 0.3 is 5.69 Å². The summed E-state index contributed by atoms with van der Waals surface area (Å²) >= 11 is 0. The molecule has 0 saturated carbocycles. The number of aliphatic hydroxyl groups excluding tert-OH is 3. The van der Waals surface area contributed by atoms with Crippen molar-refractivity contribution in [3.63, 3.8) is 0 Å². The molecule has 0 aromatic carbocycles. The fourth-order valence-electron chi connectivity index (χ4n) is 2.12. The predicted molar refractivity (Wildman–Crippen MR) is 68.6 cm³/mol. The van der Waals surface area contributed by atoms with Crippen LogP contribution in [0.15, 0.2) is 35.4 Å². The molecule has 8 nitrogen and oxygen atoms in total. The first-order valence-corrected chi connectivity index (χ1v) is 5.81. The van der Waals surface area contributed by atoms with Crippen LogP contribution in [0.1, 0.15) is 6.23 Å². The summed E-state index contributed by atoms with van der Waals surface area (Å²) in [5.74, 6) is 0.0266. The standard InChI is InChI=1S/C12H15N3O5/c1-2-4-12(6-16)9(18)8(17)10(20-12)15-5-3-7(13)14-11(15)19/h3-5,8-10,16-18H,1,6H2,(H2,13,14,19)/t8-,9+,10-,12-/m1/s1. The third-order valence-corrected chi connectivity index (χ3v) is 3.18. The molecule has 0 unspecified atom stereocenters. The van der Waals surface area contributed by atoms with Crippen LogP contribution in [0.25, 0.3) is 0 Å². The monoisotopic (exact) mass is 281 g/mol. The summed E-state index contributed by atoms with van der Waals surface area (Å²) in [4.78, 5) is 15.2. The molecule has 0 amide bonds. The maximum atomic E-state index is 11.7. The van der Waals surface area contributed by atoms with Gasteiger partial charge in [0, 0.05) is 6.20 Å². The van der Waals surface area contributed by atoms with Crippen LogP contribution in [-0.4, -0.2) is 49.3 Å². The van der Waals surface area contributed by atoms with Gasteiger partial charge in [0.05, 0.1) is 6.61 Å². The Labute approximate surface area is 114 Å². The first-order chi connectivity index (χ1) is 9.45. The summed E-state index contributed by atoms with van der Waals surface area (Å²) in [6.45, 7) is 2.73. The molecule has 1 aromatic rings. The molecular formula is C12H15N3O5. The fourth-order valence-corrected chi connectivity index (χ4v) is 2.12. The summed E-state index contributed by atoms with van der Waals surface area (Å²) in [5.41, 5.74) is 5.45. The second-order valence-corrected chi connectivity index (χ2v) is 4.45. The van der Waals surface area contributed by atoms with E-state index in [0.717, 1.165) is 4.57 Å². The number of aliphatic hydroxyl groups is 3. The van der Waals surface area contributed by atoms with Crippen LogP contribution in [0.5, 0.6) is 0 Å². The van der Waals surface area contributed by atoms with Gasteiger partial charge in [0.1, 0.15) is 23.6 Å². The highest BCUT2D eigenvalue weighted by atomic mass is 16.6. The van der Waals surface area contributed by atoms with Crippen molar-refractivity contribution in [1.29, 1.82) is 0 Å². The highest BCUT2D eigenvalue weighted by molar-refractivity contribution is 5.24. The van der Waals surface area contributed by atoms with E-state index in [4.69, 9.17) is 10.5 Å². The van der Waals surface area contributed by atoms with Crippen LogP contribution in [0.3, 0.4) is 0 Å². The maximum Gasteiger partial charge on any atom is 0.351 e. The van der Waals surface area contributed by atoms with Crippen molar-refractivity contribution in [2.45, 2.75) is 24.0 Å². The Balaban J connectivity index is 2.45. The average molecular weight is 281 g/mol. The molecule has 20 heavy (non-hydrogen) atoms. The zero-order valence-corrected chi connectivity index (χ0v) is 10.5. The van der Waals surface area contributed by atoms with Crippen molar-refractivity contribution in [2.24, 2.45) is 0 Å². The number of ether oxygens (including phenoxy) is 1. The predicted octanol–water partition coefficient (Wildman–Crippen LogP) is -1.85. The molecule has 1 saturated heterocycles. The van der Waals surface area contributed by atoms with Gasteiger partial charge in [0.2, 0.25) is 0 Å². The van der Waals surface area contributed by atoms with E-state index in [-0.39, 0.29) is 5.82 Å². The minimum absolute atomic E-state index is 0.0266. The number of hydrogen-bond acceptors (Lipinski definition) is 7. The molecule has 0 aliphatic carbocycles. The number of hydrogen-bond donors (Lipinski definition) is 4. The zero-order chi connectivity index (χ0) is 14.9. The Kier molecular flexibility index (Phi) is 3.76. The maximum absolute atomic E-state index is 11.7. The lowest BCUT2D eigenvalue weighted by Gasteiger charge is -2.25. The molecule has 4 atom stereocenters. The largest absolute Gasteiger partial charge is 0.393 e. The molecule has 0 bridgehead atoms. The second kappa shape index (κ2) is 5.20. The SMILES string of the molecule is C=C=C[C@]1(CO)O[C@@H](n2ccc(N)nc2=O)[C@H](O)[C@@H]1O. The van der Waals surface area contributed by atoms with E-state index in [0.29, 0.717) is 0 Å². The van der Waals surface area contributed by atoms with Gasteiger partial charge < -0.3 is 25.8 Å². The number of rotatable bonds is 3. The number of nitrogens with zero attached hydrogens (tertiary/aromatic N) is 2. The van der Waals surface area contributed by atoms with E-state index >= 15 is 0 Å². The zero-order valence-electron chi connectivity index (χ0n) is 10.5. The van der Waals surface area contributed by atoms with E-state index in [9.17, 15) is 20.1 Å². The van der Waals surface area contributed by atoms with Gasteiger partial charge in [-0.15, -0.1) is 5.73 Å². The third-order valence-electron chi connectivity index (χ3n) is 3.18. The lowest BCUT2D eigenvalue weighted by Crippen LogP contribution is -2.44. The van der Waals surface area contributed by atoms with Crippen LogP contribution in [-0.2, 0) is 4.74 Å². The van der Waals surface area contributed by atoms with E-state index < -0.39 is 36.3 Å². The van der Waals surface area contributed by atoms with Crippen molar-refractivity contribution in [3.8, 4) is 0 Å². The summed E-state index contributed by atoms with van der Waals surface area (Å²) < 4.78 is 6.43. The molecule has 5 N–H and O–H groups in total. The lowest BCUT2D eigenvalue weighted by atomic mass is 9.96. The smallest absolute Gasteiger partial charge is 0.351 e. The molecule has 2 heterocycles. The first kappa shape index (κ1) is 14.4. The van der Waals surface area contributed by atoms with Gasteiger partial charge in [-0.2, -0.15) is 4.98 Å². The minimum atomic E-state index is -1.58. The van der Waals surface area contributed by atoms with Crippen LogP contribution in [0.4, 0.5) is 5.82 Å². The molecule has 1 aliphatic rings. The highest BCUT2D eigenvalue weighted by Crippen LogP contribution is 2.37. The van der Waals surface area contributed by atoms with Crippen molar-refractivity contribution < 1.29 is 20.1 Å². The number of aromatic nitrogens is 2. The van der Waals surface area contributed by atoms with E-state index in [1.165, 1.54) is 18.3 Å². The summed E-state index contributed by atoms with van der Waals surface area (Å²) in [6, 6.07) is 1.35. The third kappa shape index (κ3) is 2.15. The molecule has 1 aromatic heterocycles. The van der Waals surface area contributed by atoms with Crippen molar-refractivity contribution in [2.75, 3.05) is 12.3 Å². The van der Waals surface area contributed by atoms with Crippen molar-refractivity contribution in [3.05, 3.63) is 41.1 Å². The molecule has 8 heteroatoms. The van der Waals surface area contributed by atoms with Gasteiger partial charge in [-0.25, -0.2) is 4.79 Å². The molecule has 0 spiro atoms. The average Bonchev–Trinajstić information content (AvgIpc) is 2.65. The van der Waals surface area contributed by atoms with Crippen LogP contribution < -0.4 is 11.4 Å². The van der Waals surface area contributed by atoms with Gasteiger partial charge in [-0.1, -0.05) is 6.58 Å². The van der Waals surface area contributed by atoms with Crippen LogP contribution >= 0.6 is 0 Å². The van der Waals surface area contributed by atoms with Crippen molar-refractivity contribution in [1.82, 2.24) is 9.55 Å². The highest BCUT2D eigenvalue weighted by Gasteiger charge is 2.53. The number of nitrogen functional groups attached to an aromatic ring is 1. The molecule has 0 radical (unpaired) electrons. The summed E-state index contributed by atoms with van der Waals surface area (Å²) in [7, 11) is 0. The molecule has 108 valence electrons. The topological polar surface area (TPSA) is 131 Å². The molecule has 2 rings (SSSR count). The molecule has 1 fully saturated rings. The van der Waals surface area contributed by atoms with Crippen molar-refractivity contribution >= 4 is 5.82 Å². The Morgan fingerprint density at radius 3 is 2.90 bits per heavy atom. The second-order valence-electron chi connectivity index (χ2n) is 4.45. The van der Waals surface area contributed by atoms with Gasteiger partial charge in [-0.3, -0.25) is 4.57 Å². The lowest BCUT2D eigenvalue weighted by molar-refractivity contribution is -0.0993. The van der Waals surface area contributed by atoms with E-state index in [1.807, 2.05) is 0 Å². The molecular weight excluding hydrogens is 266 g/mol. The van der Waals surface area contributed by atoms with Crippen LogP contribution in [0, 0.1) is 0 Å². The summed E-state index contributed by atoms with van der Waals surface area (Å²) in [6.07, 6.45) is -1.60. The van der Waals surface area contributed by atoms with Gasteiger partial charge in [0.15, 0.2) is 6.23 Å². The number of anilines is 1. The van der Waals surface area contributed by atoms with E-state index in [2.05, 4.69) is 17.3 Å². The Hall–Kier alpha value is -1.96. The Bertz CT molecular complexity index is 609. The fraction of sp³-hybridized carbons (Fsp3) is 0.417. The minimum Gasteiger partial charge on any atom is -0.393 e. The normalized spacial score (nSPS) is 32.9.